The van der Waals surface area contributed by atoms with E-state index in [0.717, 1.165) is 12.1 Å². The lowest BCUT2D eigenvalue weighted by Crippen LogP contribution is -2.48. The molecule has 1 saturated heterocycles. The van der Waals surface area contributed by atoms with Crippen LogP contribution in [-0.4, -0.2) is 68.3 Å². The summed E-state index contributed by atoms with van der Waals surface area (Å²) in [6.07, 6.45) is -0.634. The summed E-state index contributed by atoms with van der Waals surface area (Å²) >= 11 is 0. The third kappa shape index (κ3) is 4.48. The quantitative estimate of drug-likeness (QED) is 0.707. The first-order valence-electron chi connectivity index (χ1n) is 10.3. The monoisotopic (exact) mass is 443 g/mol. The van der Waals surface area contributed by atoms with Gasteiger partial charge in [-0.15, -0.1) is 0 Å². The number of hydrogen-bond donors (Lipinski definition) is 1. The summed E-state index contributed by atoms with van der Waals surface area (Å²) in [6, 6.07) is 13.1. The van der Waals surface area contributed by atoms with Crippen LogP contribution >= 0.6 is 0 Å². The number of hydrogen-bond acceptors (Lipinski definition) is 6. The zero-order valence-electron chi connectivity index (χ0n) is 17.3. The molecular formula is C22H25N3O5S. The van der Waals surface area contributed by atoms with Gasteiger partial charge in [-0.3, -0.25) is 4.79 Å². The van der Waals surface area contributed by atoms with Crippen molar-refractivity contribution in [1.82, 2.24) is 9.21 Å². The fourth-order valence-electron chi connectivity index (χ4n) is 3.85. The first-order valence-corrected chi connectivity index (χ1v) is 11.7. The molecule has 2 aliphatic heterocycles. The van der Waals surface area contributed by atoms with Crippen LogP contribution in [0.15, 0.2) is 53.4 Å². The Morgan fingerprint density at radius 2 is 1.74 bits per heavy atom. The molecule has 4 rings (SSSR count). The molecule has 1 atom stereocenters. The highest BCUT2D eigenvalue weighted by atomic mass is 32.2. The SMILES string of the molecule is CCN1CCN(S(=O)(=O)c2ccc(NC(=O)C3Cc4ccccc4C(=O)O3)cc2)CC1. The molecule has 1 N–H and O–H groups in total. The summed E-state index contributed by atoms with van der Waals surface area (Å²) in [5.74, 6) is -0.972. The molecule has 0 aliphatic carbocycles. The number of esters is 1. The van der Waals surface area contributed by atoms with Crippen LogP contribution in [0.3, 0.4) is 0 Å². The molecule has 0 saturated carbocycles. The normalized spacial score (nSPS) is 20.0. The number of nitrogens with zero attached hydrogens (tertiary/aromatic N) is 2. The highest BCUT2D eigenvalue weighted by Crippen LogP contribution is 2.23. The fraction of sp³-hybridized carbons (Fsp3) is 0.364. The molecule has 1 fully saturated rings. The molecule has 2 aromatic rings. The van der Waals surface area contributed by atoms with Crippen LogP contribution < -0.4 is 5.32 Å². The molecule has 0 bridgehead atoms. The van der Waals surface area contributed by atoms with E-state index < -0.39 is 28.0 Å². The molecule has 2 aliphatic rings. The van der Waals surface area contributed by atoms with Gasteiger partial charge in [-0.05, 0) is 42.4 Å². The van der Waals surface area contributed by atoms with Crippen LogP contribution in [0.1, 0.15) is 22.8 Å². The molecule has 8 nitrogen and oxygen atoms in total. The highest BCUT2D eigenvalue weighted by molar-refractivity contribution is 7.89. The van der Waals surface area contributed by atoms with Crippen molar-refractivity contribution in [3.8, 4) is 0 Å². The smallest absolute Gasteiger partial charge is 0.339 e. The molecule has 2 heterocycles. The Balaban J connectivity index is 1.41. The Bertz CT molecular complexity index is 1080. The number of ether oxygens (including phenoxy) is 1. The first kappa shape index (κ1) is 21.5. The second kappa shape index (κ2) is 8.78. The Morgan fingerprint density at radius 1 is 1.06 bits per heavy atom. The molecule has 1 amide bonds. The van der Waals surface area contributed by atoms with Crippen molar-refractivity contribution in [2.75, 3.05) is 38.0 Å². The summed E-state index contributed by atoms with van der Waals surface area (Å²) in [5.41, 5.74) is 1.68. The summed E-state index contributed by atoms with van der Waals surface area (Å²) in [5, 5.41) is 2.70. The number of benzene rings is 2. The Kier molecular flexibility index (Phi) is 6.08. The van der Waals surface area contributed by atoms with Crippen LogP contribution in [-0.2, 0) is 26.0 Å². The standard InChI is InChI=1S/C22H25N3O5S/c1-2-24-11-13-25(14-12-24)31(28,29)18-9-7-17(8-10-18)23-21(26)20-15-16-5-3-4-6-19(16)22(27)30-20/h3-10,20H,2,11-15H2,1H3,(H,23,26). The number of amides is 1. The summed E-state index contributed by atoms with van der Waals surface area (Å²) in [6.45, 7) is 5.32. The number of cyclic esters (lactones) is 1. The van der Waals surface area contributed by atoms with Crippen molar-refractivity contribution in [2.45, 2.75) is 24.3 Å². The summed E-state index contributed by atoms with van der Waals surface area (Å²) in [4.78, 5) is 27.1. The Morgan fingerprint density at radius 3 is 2.42 bits per heavy atom. The lowest BCUT2D eigenvalue weighted by Gasteiger charge is -2.33. The Labute approximate surface area is 181 Å². The van der Waals surface area contributed by atoms with Crippen LogP contribution in [0.5, 0.6) is 0 Å². The molecule has 164 valence electrons. The number of likely N-dealkylation sites (N-methyl/N-ethyl adjacent to an activating group) is 1. The number of piperazine rings is 1. The molecule has 0 radical (unpaired) electrons. The largest absolute Gasteiger partial charge is 0.448 e. The van der Waals surface area contributed by atoms with Gasteiger partial charge in [-0.25, -0.2) is 13.2 Å². The highest BCUT2D eigenvalue weighted by Gasteiger charge is 2.31. The average Bonchev–Trinajstić information content (AvgIpc) is 2.79. The van der Waals surface area contributed by atoms with E-state index in [4.69, 9.17) is 4.74 Å². The second-order valence-corrected chi connectivity index (χ2v) is 9.55. The predicted molar refractivity (Wildman–Crippen MR) is 115 cm³/mol. The van der Waals surface area contributed by atoms with Crippen LogP contribution in [0, 0.1) is 0 Å². The van der Waals surface area contributed by atoms with E-state index in [1.807, 2.05) is 6.07 Å². The molecule has 2 aromatic carbocycles. The zero-order chi connectivity index (χ0) is 22.0. The lowest BCUT2D eigenvalue weighted by atomic mass is 9.98. The predicted octanol–water partition coefficient (Wildman–Crippen LogP) is 1.73. The van der Waals surface area contributed by atoms with Gasteiger partial charge in [-0.2, -0.15) is 4.31 Å². The molecule has 31 heavy (non-hydrogen) atoms. The van der Waals surface area contributed by atoms with Crippen LogP contribution in [0.4, 0.5) is 5.69 Å². The minimum atomic E-state index is -3.58. The van der Waals surface area contributed by atoms with Crippen molar-refractivity contribution in [3.63, 3.8) is 0 Å². The Hall–Kier alpha value is -2.75. The molecule has 0 aromatic heterocycles. The van der Waals surface area contributed by atoms with E-state index in [1.54, 1.807) is 30.3 Å². The molecule has 0 spiro atoms. The number of anilines is 1. The third-order valence-corrected chi connectivity index (χ3v) is 7.64. The second-order valence-electron chi connectivity index (χ2n) is 7.61. The number of fused-ring (bicyclic) bond motifs is 1. The van der Waals surface area contributed by atoms with E-state index in [9.17, 15) is 18.0 Å². The van der Waals surface area contributed by atoms with E-state index in [2.05, 4.69) is 17.1 Å². The number of carbonyl (C=O) groups excluding carboxylic acids is 2. The van der Waals surface area contributed by atoms with E-state index in [-0.39, 0.29) is 4.90 Å². The maximum atomic E-state index is 12.9. The third-order valence-electron chi connectivity index (χ3n) is 5.72. The van der Waals surface area contributed by atoms with Gasteiger partial charge in [0.15, 0.2) is 6.10 Å². The molecule has 9 heteroatoms. The van der Waals surface area contributed by atoms with Gasteiger partial charge in [0.05, 0.1) is 10.5 Å². The zero-order valence-corrected chi connectivity index (χ0v) is 18.1. The maximum Gasteiger partial charge on any atom is 0.339 e. The number of carbonyl (C=O) groups is 2. The fourth-order valence-corrected chi connectivity index (χ4v) is 5.27. The summed E-state index contributed by atoms with van der Waals surface area (Å²) in [7, 11) is -3.58. The van der Waals surface area contributed by atoms with E-state index in [0.29, 0.717) is 43.9 Å². The van der Waals surface area contributed by atoms with Gasteiger partial charge in [0, 0.05) is 38.3 Å². The lowest BCUT2D eigenvalue weighted by molar-refractivity contribution is -0.125. The maximum absolute atomic E-state index is 12.9. The first-order chi connectivity index (χ1) is 14.9. The molecule has 1 unspecified atom stereocenters. The average molecular weight is 444 g/mol. The van der Waals surface area contributed by atoms with Gasteiger partial charge in [0.1, 0.15) is 0 Å². The van der Waals surface area contributed by atoms with Gasteiger partial charge in [0.2, 0.25) is 10.0 Å². The van der Waals surface area contributed by atoms with Crippen molar-refractivity contribution in [3.05, 3.63) is 59.7 Å². The number of nitrogens with one attached hydrogen (secondary N) is 1. The minimum absolute atomic E-state index is 0.188. The van der Waals surface area contributed by atoms with Crippen molar-refractivity contribution >= 4 is 27.6 Å². The summed E-state index contributed by atoms with van der Waals surface area (Å²) < 4.78 is 32.5. The van der Waals surface area contributed by atoms with Crippen molar-refractivity contribution < 1.29 is 22.7 Å². The van der Waals surface area contributed by atoms with Gasteiger partial charge in [-0.1, -0.05) is 25.1 Å². The number of sulfonamides is 1. The minimum Gasteiger partial charge on any atom is -0.448 e. The van der Waals surface area contributed by atoms with E-state index >= 15 is 0 Å². The van der Waals surface area contributed by atoms with Crippen LogP contribution in [0.2, 0.25) is 0 Å². The molecular weight excluding hydrogens is 418 g/mol. The number of rotatable bonds is 5. The van der Waals surface area contributed by atoms with Crippen LogP contribution in [0.25, 0.3) is 0 Å². The van der Waals surface area contributed by atoms with E-state index in [1.165, 1.54) is 16.4 Å². The van der Waals surface area contributed by atoms with Gasteiger partial charge < -0.3 is 15.0 Å². The van der Waals surface area contributed by atoms with Crippen molar-refractivity contribution in [1.29, 1.82) is 0 Å². The van der Waals surface area contributed by atoms with Gasteiger partial charge >= 0.3 is 5.97 Å². The van der Waals surface area contributed by atoms with Gasteiger partial charge in [0.25, 0.3) is 5.91 Å². The topological polar surface area (TPSA) is 96.0 Å². The van der Waals surface area contributed by atoms with Crippen molar-refractivity contribution in [2.24, 2.45) is 0 Å².